The lowest BCUT2D eigenvalue weighted by atomic mass is 10.1. The predicted octanol–water partition coefficient (Wildman–Crippen LogP) is 2.71. The molecule has 1 atom stereocenters. The van der Waals surface area contributed by atoms with Gasteiger partial charge in [-0.15, -0.1) is 0 Å². The van der Waals surface area contributed by atoms with Gasteiger partial charge in [0.1, 0.15) is 5.60 Å². The normalized spacial score (nSPS) is 13.1. The van der Waals surface area contributed by atoms with Gasteiger partial charge in [0.2, 0.25) is 0 Å². The Labute approximate surface area is 109 Å². The highest BCUT2D eigenvalue weighted by molar-refractivity contribution is 5.70. The number of carbonyl (C=O) groups is 1. The summed E-state index contributed by atoms with van der Waals surface area (Å²) in [6.45, 7) is 5.46. The number of aliphatic hydroxyl groups excluding tert-OH is 1. The van der Waals surface area contributed by atoms with Gasteiger partial charge in [0.15, 0.2) is 0 Å². The van der Waals surface area contributed by atoms with Crippen molar-refractivity contribution in [3.63, 3.8) is 0 Å². The van der Waals surface area contributed by atoms with Gasteiger partial charge in [0.25, 0.3) is 0 Å². The van der Waals surface area contributed by atoms with E-state index in [0.717, 1.165) is 6.42 Å². The monoisotopic (exact) mass is 250 g/mol. The lowest BCUT2D eigenvalue weighted by Gasteiger charge is -2.20. The predicted molar refractivity (Wildman–Crippen MR) is 71.2 cm³/mol. The average Bonchev–Trinajstić information content (AvgIpc) is 2.25. The Hall–Kier alpha value is -1.35. The number of aliphatic hydroxyl groups is 1. The summed E-state index contributed by atoms with van der Waals surface area (Å²) in [5.74, 6) is -0.344. The SMILES string of the molecule is CC(C)(C)OC(=O)C[C@@H](O)CCc1ccccc1. The molecule has 0 unspecified atom stereocenters. The summed E-state index contributed by atoms with van der Waals surface area (Å²) in [5.41, 5.74) is 0.678. The summed E-state index contributed by atoms with van der Waals surface area (Å²) in [7, 11) is 0. The molecule has 1 aromatic rings. The van der Waals surface area contributed by atoms with E-state index in [1.807, 2.05) is 51.1 Å². The maximum atomic E-state index is 11.5. The Kier molecular flexibility index (Phi) is 5.35. The molecule has 1 rings (SSSR count). The third-order valence-electron chi connectivity index (χ3n) is 2.43. The quantitative estimate of drug-likeness (QED) is 0.817. The van der Waals surface area contributed by atoms with Gasteiger partial charge in [-0.2, -0.15) is 0 Å². The first-order valence-electron chi connectivity index (χ1n) is 6.30. The van der Waals surface area contributed by atoms with Crippen molar-refractivity contribution in [1.82, 2.24) is 0 Å². The van der Waals surface area contributed by atoms with Crippen LogP contribution >= 0.6 is 0 Å². The first-order chi connectivity index (χ1) is 8.37. The second kappa shape index (κ2) is 6.55. The number of benzene rings is 1. The van der Waals surface area contributed by atoms with Gasteiger partial charge in [0.05, 0.1) is 12.5 Å². The van der Waals surface area contributed by atoms with Gasteiger partial charge in [-0.3, -0.25) is 4.79 Å². The number of hydrogen-bond donors (Lipinski definition) is 1. The van der Waals surface area contributed by atoms with Crippen molar-refractivity contribution < 1.29 is 14.6 Å². The molecule has 0 saturated carbocycles. The standard InChI is InChI=1S/C15H22O3/c1-15(2,3)18-14(17)11-13(16)10-9-12-7-5-4-6-8-12/h4-8,13,16H,9-11H2,1-3H3/t13-/m0/s1. The zero-order chi connectivity index (χ0) is 13.6. The second-order valence-corrected chi connectivity index (χ2v) is 5.47. The molecule has 0 amide bonds. The van der Waals surface area contributed by atoms with E-state index in [4.69, 9.17) is 4.74 Å². The first-order valence-corrected chi connectivity index (χ1v) is 6.30. The molecule has 0 aliphatic heterocycles. The van der Waals surface area contributed by atoms with Gasteiger partial charge < -0.3 is 9.84 Å². The molecule has 0 radical (unpaired) electrons. The summed E-state index contributed by atoms with van der Waals surface area (Å²) < 4.78 is 5.16. The molecule has 0 aliphatic carbocycles. The highest BCUT2D eigenvalue weighted by atomic mass is 16.6. The maximum absolute atomic E-state index is 11.5. The Bertz CT molecular complexity index is 365. The smallest absolute Gasteiger partial charge is 0.308 e. The minimum atomic E-state index is -0.639. The molecule has 1 aromatic carbocycles. The van der Waals surface area contributed by atoms with Crippen LogP contribution in [0.15, 0.2) is 30.3 Å². The molecule has 18 heavy (non-hydrogen) atoms. The van der Waals surface area contributed by atoms with Crippen molar-refractivity contribution in [2.24, 2.45) is 0 Å². The third-order valence-corrected chi connectivity index (χ3v) is 2.43. The number of rotatable bonds is 5. The molecule has 0 aromatic heterocycles. The van der Waals surface area contributed by atoms with Crippen LogP contribution in [-0.4, -0.2) is 22.8 Å². The molecule has 0 spiro atoms. The Morgan fingerprint density at radius 2 is 1.89 bits per heavy atom. The molecule has 3 nitrogen and oxygen atoms in total. The first kappa shape index (κ1) is 14.7. The van der Waals surface area contributed by atoms with Gasteiger partial charge in [-0.05, 0) is 39.2 Å². The Morgan fingerprint density at radius 1 is 1.28 bits per heavy atom. The van der Waals surface area contributed by atoms with E-state index in [9.17, 15) is 9.90 Å². The molecule has 0 saturated heterocycles. The van der Waals surface area contributed by atoms with Crippen LogP contribution in [0.2, 0.25) is 0 Å². The number of carbonyl (C=O) groups excluding carboxylic acids is 1. The van der Waals surface area contributed by atoms with Crippen molar-refractivity contribution in [2.45, 2.75) is 51.7 Å². The summed E-state index contributed by atoms with van der Waals surface area (Å²) >= 11 is 0. The lowest BCUT2D eigenvalue weighted by Crippen LogP contribution is -2.26. The summed E-state index contributed by atoms with van der Waals surface area (Å²) in [6.07, 6.45) is 0.762. The Balaban J connectivity index is 2.29. The van der Waals surface area contributed by atoms with Crippen LogP contribution in [0.3, 0.4) is 0 Å². The largest absolute Gasteiger partial charge is 0.460 e. The molecule has 1 N–H and O–H groups in total. The van der Waals surface area contributed by atoms with Crippen LogP contribution in [-0.2, 0) is 16.0 Å². The van der Waals surface area contributed by atoms with Crippen molar-refractivity contribution in [3.8, 4) is 0 Å². The van der Waals surface area contributed by atoms with Crippen molar-refractivity contribution in [2.75, 3.05) is 0 Å². The van der Waals surface area contributed by atoms with E-state index in [1.54, 1.807) is 0 Å². The highest BCUT2D eigenvalue weighted by Crippen LogP contribution is 2.12. The topological polar surface area (TPSA) is 46.5 Å². The van der Waals surface area contributed by atoms with E-state index < -0.39 is 11.7 Å². The van der Waals surface area contributed by atoms with Crippen LogP contribution in [0.5, 0.6) is 0 Å². The zero-order valence-electron chi connectivity index (χ0n) is 11.3. The van der Waals surface area contributed by atoms with Gasteiger partial charge in [-0.1, -0.05) is 30.3 Å². The van der Waals surface area contributed by atoms with E-state index in [0.29, 0.717) is 6.42 Å². The van der Waals surface area contributed by atoms with E-state index in [-0.39, 0.29) is 12.4 Å². The fraction of sp³-hybridized carbons (Fsp3) is 0.533. The maximum Gasteiger partial charge on any atom is 0.308 e. The molecule has 0 fully saturated rings. The number of hydrogen-bond acceptors (Lipinski definition) is 3. The van der Waals surface area contributed by atoms with Crippen LogP contribution < -0.4 is 0 Å². The number of aryl methyl sites for hydroxylation is 1. The minimum Gasteiger partial charge on any atom is -0.460 e. The second-order valence-electron chi connectivity index (χ2n) is 5.47. The van der Waals surface area contributed by atoms with Crippen LogP contribution in [0.1, 0.15) is 39.2 Å². The third kappa shape index (κ3) is 6.40. The average molecular weight is 250 g/mol. The summed E-state index contributed by atoms with van der Waals surface area (Å²) in [4.78, 5) is 11.5. The minimum absolute atomic E-state index is 0.0596. The Morgan fingerprint density at radius 3 is 2.44 bits per heavy atom. The molecule has 0 heterocycles. The zero-order valence-corrected chi connectivity index (χ0v) is 11.3. The van der Waals surface area contributed by atoms with Crippen LogP contribution in [0.25, 0.3) is 0 Å². The van der Waals surface area contributed by atoms with E-state index in [1.165, 1.54) is 5.56 Å². The summed E-state index contributed by atoms with van der Waals surface area (Å²) in [6, 6.07) is 9.92. The van der Waals surface area contributed by atoms with Crippen LogP contribution in [0, 0.1) is 0 Å². The molecular weight excluding hydrogens is 228 g/mol. The molecule has 0 bridgehead atoms. The van der Waals surface area contributed by atoms with Gasteiger partial charge >= 0.3 is 5.97 Å². The van der Waals surface area contributed by atoms with E-state index >= 15 is 0 Å². The molecule has 3 heteroatoms. The number of esters is 1. The van der Waals surface area contributed by atoms with Gasteiger partial charge in [-0.25, -0.2) is 0 Å². The van der Waals surface area contributed by atoms with Crippen molar-refractivity contribution >= 4 is 5.97 Å². The summed E-state index contributed by atoms with van der Waals surface area (Å²) in [5, 5.41) is 9.78. The number of ether oxygens (including phenoxy) is 1. The highest BCUT2D eigenvalue weighted by Gasteiger charge is 2.19. The molecule has 0 aliphatic rings. The van der Waals surface area contributed by atoms with Crippen molar-refractivity contribution in [3.05, 3.63) is 35.9 Å². The fourth-order valence-electron chi connectivity index (χ4n) is 1.66. The fourth-order valence-corrected chi connectivity index (χ4v) is 1.66. The van der Waals surface area contributed by atoms with Crippen LogP contribution in [0.4, 0.5) is 0 Å². The van der Waals surface area contributed by atoms with Crippen molar-refractivity contribution in [1.29, 1.82) is 0 Å². The molecular formula is C15H22O3. The lowest BCUT2D eigenvalue weighted by molar-refractivity contribution is -0.157. The molecule has 100 valence electrons. The van der Waals surface area contributed by atoms with Gasteiger partial charge in [0, 0.05) is 0 Å². The van der Waals surface area contributed by atoms with E-state index in [2.05, 4.69) is 0 Å².